The van der Waals surface area contributed by atoms with E-state index < -0.39 is 17.6 Å². The van der Waals surface area contributed by atoms with Crippen LogP contribution in [0.3, 0.4) is 0 Å². The zero-order valence-electron chi connectivity index (χ0n) is 11.0. The summed E-state index contributed by atoms with van der Waals surface area (Å²) in [5, 5.41) is 7.22. The van der Waals surface area contributed by atoms with E-state index in [1.165, 1.54) is 12.1 Å². The SMILES string of the molecule is N=C(N)c1ccc(OC2CCCCC2)cc1C(F)(F)F. The number of rotatable bonds is 3. The summed E-state index contributed by atoms with van der Waals surface area (Å²) in [5.74, 6) is -0.407. The van der Waals surface area contributed by atoms with Gasteiger partial charge in [0.05, 0.1) is 11.7 Å². The van der Waals surface area contributed by atoms with Crippen molar-refractivity contribution < 1.29 is 17.9 Å². The first kappa shape index (κ1) is 14.7. The molecule has 1 aromatic carbocycles. The maximum atomic E-state index is 13.0. The van der Waals surface area contributed by atoms with E-state index in [1.54, 1.807) is 0 Å². The molecule has 2 rings (SSSR count). The lowest BCUT2D eigenvalue weighted by Gasteiger charge is -2.23. The minimum absolute atomic E-state index is 0.0204. The molecule has 3 nitrogen and oxygen atoms in total. The molecular weight excluding hydrogens is 269 g/mol. The molecule has 1 aliphatic carbocycles. The summed E-state index contributed by atoms with van der Waals surface area (Å²) in [4.78, 5) is 0. The molecule has 1 saturated carbocycles. The van der Waals surface area contributed by atoms with Gasteiger partial charge in [-0.25, -0.2) is 0 Å². The van der Waals surface area contributed by atoms with E-state index >= 15 is 0 Å². The summed E-state index contributed by atoms with van der Waals surface area (Å²) in [6, 6.07) is 3.58. The average Bonchev–Trinajstić information content (AvgIpc) is 2.38. The molecule has 1 aliphatic rings. The Morgan fingerprint density at radius 1 is 1.20 bits per heavy atom. The number of alkyl halides is 3. The number of hydrogen-bond acceptors (Lipinski definition) is 2. The molecule has 1 fully saturated rings. The van der Waals surface area contributed by atoms with Gasteiger partial charge in [0.2, 0.25) is 0 Å². The summed E-state index contributed by atoms with van der Waals surface area (Å²) >= 11 is 0. The van der Waals surface area contributed by atoms with Gasteiger partial charge in [-0.2, -0.15) is 13.2 Å². The van der Waals surface area contributed by atoms with Gasteiger partial charge in [0.15, 0.2) is 0 Å². The molecular formula is C14H17F3N2O. The highest BCUT2D eigenvalue weighted by Gasteiger charge is 2.34. The minimum atomic E-state index is -4.55. The lowest BCUT2D eigenvalue weighted by Crippen LogP contribution is -2.21. The smallest absolute Gasteiger partial charge is 0.417 e. The van der Waals surface area contributed by atoms with Gasteiger partial charge in [-0.1, -0.05) is 6.42 Å². The summed E-state index contributed by atoms with van der Waals surface area (Å²) in [7, 11) is 0. The first-order valence-electron chi connectivity index (χ1n) is 6.60. The van der Waals surface area contributed by atoms with Gasteiger partial charge in [0.1, 0.15) is 11.6 Å². The second kappa shape index (κ2) is 5.73. The molecule has 20 heavy (non-hydrogen) atoms. The van der Waals surface area contributed by atoms with Crippen LogP contribution >= 0.6 is 0 Å². The van der Waals surface area contributed by atoms with Crippen LogP contribution in [0.1, 0.15) is 43.2 Å². The number of amidine groups is 1. The van der Waals surface area contributed by atoms with E-state index in [0.29, 0.717) is 0 Å². The van der Waals surface area contributed by atoms with Crippen molar-refractivity contribution >= 4 is 5.84 Å². The van der Waals surface area contributed by atoms with Gasteiger partial charge in [-0.3, -0.25) is 5.41 Å². The molecule has 110 valence electrons. The lowest BCUT2D eigenvalue weighted by molar-refractivity contribution is -0.137. The zero-order chi connectivity index (χ0) is 14.8. The molecule has 1 aromatic rings. The molecule has 0 aromatic heterocycles. The predicted octanol–water partition coefficient (Wildman–Crippen LogP) is 3.70. The fourth-order valence-corrected chi connectivity index (χ4v) is 2.44. The van der Waals surface area contributed by atoms with Crippen LogP contribution in [0.25, 0.3) is 0 Å². The highest BCUT2D eigenvalue weighted by molar-refractivity contribution is 5.96. The van der Waals surface area contributed by atoms with Gasteiger partial charge in [-0.05, 0) is 43.9 Å². The maximum absolute atomic E-state index is 13.0. The number of benzene rings is 1. The van der Waals surface area contributed by atoms with Crippen LogP contribution in [-0.2, 0) is 6.18 Å². The Balaban J connectivity index is 2.25. The first-order valence-corrected chi connectivity index (χ1v) is 6.60. The number of nitrogens with one attached hydrogen (secondary N) is 1. The standard InChI is InChI=1S/C14H17F3N2O/c15-14(16,17)12-8-10(6-7-11(12)13(18)19)20-9-4-2-1-3-5-9/h6-9H,1-5H2,(H3,18,19). The van der Waals surface area contributed by atoms with Gasteiger partial charge in [0, 0.05) is 5.56 Å². The molecule has 0 aliphatic heterocycles. The molecule has 0 spiro atoms. The molecule has 0 unspecified atom stereocenters. The average molecular weight is 286 g/mol. The third-order valence-corrected chi connectivity index (χ3v) is 3.44. The summed E-state index contributed by atoms with van der Waals surface area (Å²) in [6.45, 7) is 0. The minimum Gasteiger partial charge on any atom is -0.490 e. The fraction of sp³-hybridized carbons (Fsp3) is 0.500. The summed E-state index contributed by atoms with van der Waals surface area (Å²) < 4.78 is 44.5. The monoisotopic (exact) mass is 286 g/mol. The second-order valence-corrected chi connectivity index (χ2v) is 5.00. The Bertz CT molecular complexity index is 494. The van der Waals surface area contributed by atoms with Crippen molar-refractivity contribution in [1.82, 2.24) is 0 Å². The molecule has 0 radical (unpaired) electrons. The van der Waals surface area contributed by atoms with Crippen LogP contribution in [0, 0.1) is 5.41 Å². The van der Waals surface area contributed by atoms with Gasteiger partial charge in [0.25, 0.3) is 0 Å². The predicted molar refractivity (Wildman–Crippen MR) is 70.0 cm³/mol. The quantitative estimate of drug-likeness (QED) is 0.657. The highest BCUT2D eigenvalue weighted by atomic mass is 19.4. The lowest BCUT2D eigenvalue weighted by atomic mass is 9.97. The van der Waals surface area contributed by atoms with Crippen LogP contribution in [-0.4, -0.2) is 11.9 Å². The van der Waals surface area contributed by atoms with E-state index in [-0.39, 0.29) is 17.4 Å². The Morgan fingerprint density at radius 2 is 1.85 bits per heavy atom. The number of ether oxygens (including phenoxy) is 1. The number of halogens is 3. The van der Waals surface area contributed by atoms with Crippen molar-refractivity contribution in [2.75, 3.05) is 0 Å². The molecule has 0 atom stereocenters. The van der Waals surface area contributed by atoms with Gasteiger partial charge in [-0.15, -0.1) is 0 Å². The molecule has 6 heteroatoms. The van der Waals surface area contributed by atoms with Crippen molar-refractivity contribution in [1.29, 1.82) is 5.41 Å². The zero-order valence-corrected chi connectivity index (χ0v) is 11.0. The van der Waals surface area contributed by atoms with Crippen molar-refractivity contribution in [3.8, 4) is 5.75 Å². The van der Waals surface area contributed by atoms with Crippen LogP contribution in [0.4, 0.5) is 13.2 Å². The molecule has 3 N–H and O–H groups in total. The summed E-state index contributed by atoms with van der Waals surface area (Å²) in [6.07, 6.45) is 0.410. The Labute approximate surface area is 115 Å². The van der Waals surface area contributed by atoms with Crippen molar-refractivity contribution in [3.63, 3.8) is 0 Å². The summed E-state index contributed by atoms with van der Waals surface area (Å²) in [5.41, 5.74) is 3.96. The highest BCUT2D eigenvalue weighted by Crippen LogP contribution is 2.35. The van der Waals surface area contributed by atoms with Gasteiger partial charge < -0.3 is 10.5 Å². The van der Waals surface area contributed by atoms with E-state index in [2.05, 4.69) is 0 Å². The fourth-order valence-electron chi connectivity index (χ4n) is 2.44. The number of hydrogen-bond donors (Lipinski definition) is 2. The first-order chi connectivity index (χ1) is 9.38. The third kappa shape index (κ3) is 3.43. The number of nitrogens with two attached hydrogens (primary N) is 1. The van der Waals surface area contributed by atoms with Crippen molar-refractivity contribution in [3.05, 3.63) is 29.3 Å². The van der Waals surface area contributed by atoms with Gasteiger partial charge >= 0.3 is 6.18 Å². The molecule has 0 saturated heterocycles. The second-order valence-electron chi connectivity index (χ2n) is 5.00. The van der Waals surface area contributed by atoms with E-state index in [0.717, 1.165) is 38.2 Å². The largest absolute Gasteiger partial charge is 0.490 e. The van der Waals surface area contributed by atoms with E-state index in [4.69, 9.17) is 15.9 Å². The third-order valence-electron chi connectivity index (χ3n) is 3.44. The Morgan fingerprint density at radius 3 is 2.40 bits per heavy atom. The molecule has 0 amide bonds. The Kier molecular flexibility index (Phi) is 4.20. The van der Waals surface area contributed by atoms with Crippen LogP contribution < -0.4 is 10.5 Å². The van der Waals surface area contributed by atoms with Crippen LogP contribution in [0.15, 0.2) is 18.2 Å². The molecule has 0 heterocycles. The van der Waals surface area contributed by atoms with Crippen molar-refractivity contribution in [2.24, 2.45) is 5.73 Å². The van der Waals surface area contributed by atoms with Crippen LogP contribution in [0.5, 0.6) is 5.75 Å². The number of nitrogen functional groups attached to an aromatic ring is 1. The van der Waals surface area contributed by atoms with Crippen molar-refractivity contribution in [2.45, 2.75) is 44.4 Å². The maximum Gasteiger partial charge on any atom is 0.417 e. The van der Waals surface area contributed by atoms with E-state index in [9.17, 15) is 13.2 Å². The topological polar surface area (TPSA) is 59.1 Å². The molecule has 0 bridgehead atoms. The normalized spacial score (nSPS) is 16.9. The van der Waals surface area contributed by atoms with Crippen LogP contribution in [0.2, 0.25) is 0 Å². The van der Waals surface area contributed by atoms with E-state index in [1.807, 2.05) is 0 Å². The Hall–Kier alpha value is -1.72.